The van der Waals surface area contributed by atoms with E-state index in [9.17, 15) is 10.2 Å². The van der Waals surface area contributed by atoms with Gasteiger partial charge in [-0.2, -0.15) is 10.2 Å². The van der Waals surface area contributed by atoms with E-state index in [0.717, 1.165) is 22.3 Å². The Morgan fingerprint density at radius 1 is 0.543 bits per heavy atom. The standard InChI is InChI=1S/2C14H11N5O.ClHO4.Fe/c2*15-12-9-5-1-2-6-10(9)13(17-12)18-19-14(20)11-7-3-4-8-16-11;2-1(3,4)5;/h2*1-8H,(H,19,20)(H2,15,17,18);(H,2,3,4,5);/q;;;+3/p-3. The molecule has 4 aromatic rings. The second-order valence-corrected chi connectivity index (χ2v) is 9.31. The summed E-state index contributed by atoms with van der Waals surface area (Å²) in [7, 11) is -4.94. The van der Waals surface area contributed by atoms with Gasteiger partial charge in [-0.05, 0) is 24.3 Å². The van der Waals surface area contributed by atoms with Gasteiger partial charge in [-0.1, -0.05) is 60.7 Å². The first-order chi connectivity index (χ1) is 21.5. The van der Waals surface area contributed by atoms with Crippen LogP contribution in [-0.2, 0) is 17.1 Å². The second-order valence-electron chi connectivity index (χ2n) is 8.55. The Balaban J connectivity index is 0.000000215. The van der Waals surface area contributed by atoms with Gasteiger partial charge in [0.2, 0.25) is 0 Å². The third-order valence-corrected chi connectivity index (χ3v) is 5.58. The maximum Gasteiger partial charge on any atom is 3.00 e. The van der Waals surface area contributed by atoms with Gasteiger partial charge in [0.05, 0.1) is 11.4 Å². The topological polar surface area (TPSA) is 290 Å². The summed E-state index contributed by atoms with van der Waals surface area (Å²) in [5.74, 6) is 0.386. The molecule has 16 nitrogen and oxygen atoms in total. The smallest absolute Gasteiger partial charge is 0.856 e. The van der Waals surface area contributed by atoms with Crippen LogP contribution >= 0.6 is 0 Å². The normalized spacial score (nSPS) is 15.3. The van der Waals surface area contributed by atoms with E-state index in [4.69, 9.17) is 30.1 Å². The Bertz CT molecular complexity index is 1710. The molecule has 0 amide bonds. The molecule has 0 bridgehead atoms. The Hall–Kier alpha value is -5.39. The van der Waals surface area contributed by atoms with Gasteiger partial charge in [0, 0.05) is 46.4 Å². The van der Waals surface area contributed by atoms with Gasteiger partial charge in [-0.15, -0.1) is 20.4 Å². The van der Waals surface area contributed by atoms with E-state index < -0.39 is 22.0 Å². The van der Waals surface area contributed by atoms with E-state index in [1.54, 1.807) is 36.4 Å². The summed E-state index contributed by atoms with van der Waals surface area (Å²) in [6, 6.07) is 24.8. The minimum Gasteiger partial charge on any atom is -0.856 e. The van der Waals surface area contributed by atoms with Gasteiger partial charge in [0.1, 0.15) is 11.7 Å². The number of halogens is 1. The van der Waals surface area contributed by atoms with Crippen LogP contribution in [0, 0.1) is 10.2 Å². The van der Waals surface area contributed by atoms with Crippen LogP contribution in [0.4, 0.5) is 0 Å². The quantitative estimate of drug-likeness (QED) is 0.0904. The molecule has 0 unspecified atom stereocenters. The zero-order valence-electron chi connectivity index (χ0n) is 23.2. The molecule has 0 saturated carbocycles. The van der Waals surface area contributed by atoms with Crippen molar-refractivity contribution in [3.8, 4) is 0 Å². The number of aromatic nitrogens is 2. The van der Waals surface area contributed by atoms with Crippen LogP contribution < -0.4 is 40.3 Å². The first-order valence-corrected chi connectivity index (χ1v) is 13.7. The molecule has 4 N–H and O–H groups in total. The predicted molar refractivity (Wildman–Crippen MR) is 149 cm³/mol. The van der Waals surface area contributed by atoms with Crippen molar-refractivity contribution in [2.45, 2.75) is 0 Å². The van der Waals surface area contributed by atoms with Gasteiger partial charge in [0.15, 0.2) is 11.7 Å². The van der Waals surface area contributed by atoms with Crippen molar-refractivity contribution in [2.75, 3.05) is 0 Å². The zero-order valence-corrected chi connectivity index (χ0v) is 25.0. The summed E-state index contributed by atoms with van der Waals surface area (Å²) in [4.78, 5) is 16.0. The fraction of sp³-hybridized carbons (Fsp3) is 0. The fourth-order valence-electron chi connectivity index (χ4n) is 3.69. The predicted octanol–water partition coefficient (Wildman–Crippen LogP) is -4.22. The third-order valence-electron chi connectivity index (χ3n) is 5.58. The van der Waals surface area contributed by atoms with Gasteiger partial charge in [0.25, 0.3) is 0 Å². The summed E-state index contributed by atoms with van der Waals surface area (Å²) in [5, 5.41) is 38.6. The van der Waals surface area contributed by atoms with E-state index in [-0.39, 0.29) is 28.5 Å². The molecular formula is C28H20ClFeN10O6. The van der Waals surface area contributed by atoms with Crippen molar-refractivity contribution in [1.82, 2.24) is 9.97 Å². The van der Waals surface area contributed by atoms with Crippen LogP contribution in [0.2, 0.25) is 0 Å². The largest absolute Gasteiger partial charge is 3.00 e. The molecule has 18 heteroatoms. The van der Waals surface area contributed by atoms with Gasteiger partial charge < -0.3 is 21.7 Å². The number of nitrogens with zero attached hydrogens (tertiary/aromatic N) is 8. The number of amidine groups is 4. The number of pyridine rings is 2. The van der Waals surface area contributed by atoms with Crippen LogP contribution in [0.15, 0.2) is 128 Å². The SMILES string of the molecule is NC1=N/C(=N\N=C(/[O-])c2ccccn2)c2ccccc21.NC1=N/C(=N\N=C(/[O-])c2ccccn2)c2ccccc21.[Fe+3].[O-][Cl+3]([O-])([O-])[O-]. The maximum atomic E-state index is 11.8. The molecule has 2 aliphatic rings. The van der Waals surface area contributed by atoms with Gasteiger partial charge in [-0.25, -0.2) is 28.6 Å². The third kappa shape index (κ3) is 9.81. The van der Waals surface area contributed by atoms with Crippen LogP contribution in [-0.4, -0.2) is 45.1 Å². The minimum atomic E-state index is -4.94. The first kappa shape index (κ1) is 35.1. The number of hydrogen-bond donors (Lipinski definition) is 2. The van der Waals surface area contributed by atoms with Crippen molar-refractivity contribution in [1.29, 1.82) is 0 Å². The number of rotatable bonds is 4. The van der Waals surface area contributed by atoms with E-state index in [2.05, 4.69) is 40.4 Å². The molecule has 0 atom stereocenters. The zero-order chi connectivity index (χ0) is 32.4. The molecule has 0 aliphatic carbocycles. The number of aliphatic imine (C=N–C) groups is 2. The van der Waals surface area contributed by atoms with Crippen LogP contribution in [0.5, 0.6) is 0 Å². The molecule has 233 valence electrons. The number of benzene rings is 2. The molecular weight excluding hydrogens is 664 g/mol. The van der Waals surface area contributed by atoms with E-state index >= 15 is 0 Å². The Morgan fingerprint density at radius 3 is 1.20 bits per heavy atom. The summed E-state index contributed by atoms with van der Waals surface area (Å²) in [6.07, 6.45) is 3.05. The summed E-state index contributed by atoms with van der Waals surface area (Å²) >= 11 is 0. The Kier molecular flexibility index (Phi) is 12.3. The van der Waals surface area contributed by atoms with Crippen molar-refractivity contribution in [3.63, 3.8) is 0 Å². The van der Waals surface area contributed by atoms with E-state index in [1.165, 1.54) is 12.4 Å². The molecule has 2 aromatic heterocycles. The second kappa shape index (κ2) is 16.1. The van der Waals surface area contributed by atoms with Gasteiger partial charge in [-0.3, -0.25) is 9.97 Å². The maximum absolute atomic E-state index is 11.8. The monoisotopic (exact) mass is 683 g/mol. The van der Waals surface area contributed by atoms with Crippen molar-refractivity contribution < 1.29 is 56.2 Å². The molecule has 2 aromatic carbocycles. The summed E-state index contributed by atoms with van der Waals surface area (Å²) < 4.78 is 34.0. The van der Waals surface area contributed by atoms with Crippen LogP contribution in [0.3, 0.4) is 0 Å². The minimum absolute atomic E-state index is 0. The molecule has 2 aliphatic heterocycles. The molecule has 6 rings (SSSR count). The van der Waals surface area contributed by atoms with Gasteiger partial charge >= 0.3 is 17.1 Å². The molecule has 0 fully saturated rings. The van der Waals surface area contributed by atoms with Crippen LogP contribution in [0.25, 0.3) is 0 Å². The molecule has 1 radical (unpaired) electrons. The fourth-order valence-corrected chi connectivity index (χ4v) is 3.69. The molecule has 46 heavy (non-hydrogen) atoms. The van der Waals surface area contributed by atoms with Crippen molar-refractivity contribution in [3.05, 3.63) is 131 Å². The van der Waals surface area contributed by atoms with E-state index in [1.807, 2.05) is 48.5 Å². The van der Waals surface area contributed by atoms with E-state index in [0.29, 0.717) is 23.3 Å². The molecule has 0 spiro atoms. The van der Waals surface area contributed by atoms with Crippen molar-refractivity contribution in [2.24, 2.45) is 41.9 Å². The van der Waals surface area contributed by atoms with Crippen molar-refractivity contribution >= 4 is 35.1 Å². The number of fused-ring (bicyclic) bond motifs is 2. The molecule has 4 heterocycles. The summed E-state index contributed by atoms with van der Waals surface area (Å²) in [6.45, 7) is 0. The average Bonchev–Trinajstić information content (AvgIpc) is 3.54. The average molecular weight is 684 g/mol. The Labute approximate surface area is 273 Å². The summed E-state index contributed by atoms with van der Waals surface area (Å²) in [5.41, 5.74) is 15.2. The number of nitrogens with two attached hydrogens (primary N) is 2. The Morgan fingerprint density at radius 2 is 0.870 bits per heavy atom. The molecule has 0 saturated heterocycles. The van der Waals surface area contributed by atoms with Crippen LogP contribution in [0.1, 0.15) is 33.6 Å². The number of hydrogen-bond acceptors (Lipinski definition) is 14. The first-order valence-electron chi connectivity index (χ1n) is 12.5.